The van der Waals surface area contributed by atoms with Crippen LogP contribution in [0.1, 0.15) is 29.4 Å². The molecule has 2 aliphatic rings. The highest BCUT2D eigenvalue weighted by Crippen LogP contribution is 2.50. The van der Waals surface area contributed by atoms with Crippen LogP contribution in [0.2, 0.25) is 0 Å². The number of hydrogen-bond acceptors (Lipinski definition) is 2. The molecular formula is C20H20F2N2O. The smallest absolute Gasteiger partial charge is 0.226 e. The van der Waals surface area contributed by atoms with Crippen LogP contribution >= 0.6 is 0 Å². The zero-order valence-corrected chi connectivity index (χ0v) is 13.7. The first-order valence-corrected chi connectivity index (χ1v) is 8.59. The standard InChI is InChI=1S/C20H20F2N2O/c21-17-8-4-7-13(19(17)22)14-9-15(14)20(25)24-10-16(18(23)11-24)12-5-2-1-3-6-12/h1-8,14-16,18H,9-11,23H2/t14?,15?,16-,18+/m0/s1. The molecule has 0 radical (unpaired) electrons. The lowest BCUT2D eigenvalue weighted by molar-refractivity contribution is -0.131. The number of amides is 1. The van der Waals surface area contributed by atoms with Gasteiger partial charge in [0.15, 0.2) is 11.6 Å². The Morgan fingerprint density at radius 2 is 1.76 bits per heavy atom. The van der Waals surface area contributed by atoms with E-state index in [-0.39, 0.29) is 29.7 Å². The normalized spacial score (nSPS) is 28.2. The Morgan fingerprint density at radius 1 is 1.00 bits per heavy atom. The van der Waals surface area contributed by atoms with Gasteiger partial charge in [-0.05, 0) is 29.5 Å². The molecule has 25 heavy (non-hydrogen) atoms. The first kappa shape index (κ1) is 16.2. The molecule has 1 saturated heterocycles. The molecule has 1 aliphatic heterocycles. The van der Waals surface area contributed by atoms with Crippen molar-refractivity contribution in [1.29, 1.82) is 0 Å². The highest BCUT2D eigenvalue weighted by atomic mass is 19.2. The molecule has 1 aliphatic carbocycles. The van der Waals surface area contributed by atoms with Gasteiger partial charge in [0.05, 0.1) is 0 Å². The second-order valence-corrected chi connectivity index (χ2v) is 7.02. The monoisotopic (exact) mass is 342 g/mol. The third kappa shape index (κ3) is 2.93. The number of carbonyl (C=O) groups excluding carboxylic acids is 1. The van der Waals surface area contributed by atoms with Crippen LogP contribution in [0.15, 0.2) is 48.5 Å². The summed E-state index contributed by atoms with van der Waals surface area (Å²) in [5.74, 6) is -2.06. The Bertz CT molecular complexity index is 796. The van der Waals surface area contributed by atoms with Crippen LogP contribution in [0.3, 0.4) is 0 Å². The van der Waals surface area contributed by atoms with E-state index in [1.54, 1.807) is 11.0 Å². The lowest BCUT2D eigenvalue weighted by Gasteiger charge is -2.17. The molecular weight excluding hydrogens is 322 g/mol. The molecule has 1 amide bonds. The summed E-state index contributed by atoms with van der Waals surface area (Å²) in [5, 5.41) is 0. The topological polar surface area (TPSA) is 46.3 Å². The maximum Gasteiger partial charge on any atom is 0.226 e. The third-order valence-corrected chi connectivity index (χ3v) is 5.39. The van der Waals surface area contributed by atoms with Crippen molar-refractivity contribution in [1.82, 2.24) is 4.90 Å². The van der Waals surface area contributed by atoms with Crippen molar-refractivity contribution in [3.05, 3.63) is 71.3 Å². The minimum atomic E-state index is -0.858. The molecule has 2 aromatic rings. The Morgan fingerprint density at radius 3 is 2.52 bits per heavy atom. The fourth-order valence-corrected chi connectivity index (χ4v) is 3.91. The minimum Gasteiger partial charge on any atom is -0.340 e. The molecule has 5 heteroatoms. The van der Waals surface area contributed by atoms with E-state index >= 15 is 0 Å². The van der Waals surface area contributed by atoms with Gasteiger partial charge in [0, 0.05) is 31.0 Å². The predicted octanol–water partition coefficient (Wildman–Crippen LogP) is 3.02. The number of nitrogens with zero attached hydrogens (tertiary/aromatic N) is 1. The number of carbonyl (C=O) groups is 1. The molecule has 2 aromatic carbocycles. The van der Waals surface area contributed by atoms with Crippen LogP contribution < -0.4 is 5.73 Å². The fourth-order valence-electron chi connectivity index (χ4n) is 3.91. The molecule has 0 aromatic heterocycles. The molecule has 2 N–H and O–H groups in total. The molecule has 2 fully saturated rings. The third-order valence-electron chi connectivity index (χ3n) is 5.39. The lowest BCUT2D eigenvalue weighted by Crippen LogP contribution is -2.33. The molecule has 4 atom stereocenters. The highest BCUT2D eigenvalue weighted by molar-refractivity contribution is 5.83. The molecule has 1 heterocycles. The van der Waals surface area contributed by atoms with Crippen LogP contribution in [-0.4, -0.2) is 29.9 Å². The van der Waals surface area contributed by atoms with Gasteiger partial charge in [0.1, 0.15) is 0 Å². The maximum absolute atomic E-state index is 13.9. The summed E-state index contributed by atoms with van der Waals surface area (Å²) in [6, 6.07) is 14.0. The van der Waals surface area contributed by atoms with Crippen molar-refractivity contribution in [2.75, 3.05) is 13.1 Å². The van der Waals surface area contributed by atoms with Gasteiger partial charge in [-0.1, -0.05) is 42.5 Å². The predicted molar refractivity (Wildman–Crippen MR) is 90.9 cm³/mol. The number of rotatable bonds is 3. The van der Waals surface area contributed by atoms with Crippen molar-refractivity contribution in [3.8, 4) is 0 Å². The first-order valence-electron chi connectivity index (χ1n) is 8.59. The van der Waals surface area contributed by atoms with Crippen LogP contribution in [0, 0.1) is 17.6 Å². The number of hydrogen-bond donors (Lipinski definition) is 1. The average Bonchev–Trinajstić information content (AvgIpc) is 3.32. The minimum absolute atomic E-state index is 0.00235. The number of nitrogens with two attached hydrogens (primary N) is 1. The van der Waals surface area contributed by atoms with Crippen molar-refractivity contribution < 1.29 is 13.6 Å². The van der Waals surface area contributed by atoms with E-state index < -0.39 is 11.6 Å². The van der Waals surface area contributed by atoms with E-state index in [1.807, 2.05) is 30.3 Å². The van der Waals surface area contributed by atoms with E-state index in [2.05, 4.69) is 0 Å². The Kier molecular flexibility index (Phi) is 4.04. The number of benzene rings is 2. The van der Waals surface area contributed by atoms with Gasteiger partial charge < -0.3 is 10.6 Å². The van der Waals surface area contributed by atoms with Gasteiger partial charge in [-0.3, -0.25) is 4.79 Å². The van der Waals surface area contributed by atoms with Crippen molar-refractivity contribution in [2.24, 2.45) is 11.7 Å². The molecule has 0 spiro atoms. The highest BCUT2D eigenvalue weighted by Gasteiger charge is 2.49. The molecule has 2 unspecified atom stereocenters. The lowest BCUT2D eigenvalue weighted by atomic mass is 9.95. The van der Waals surface area contributed by atoms with Gasteiger partial charge in [0.25, 0.3) is 0 Å². The van der Waals surface area contributed by atoms with Gasteiger partial charge in [0.2, 0.25) is 5.91 Å². The van der Waals surface area contributed by atoms with Crippen molar-refractivity contribution >= 4 is 5.91 Å². The maximum atomic E-state index is 13.9. The van der Waals surface area contributed by atoms with Crippen LogP contribution in [0.5, 0.6) is 0 Å². The van der Waals surface area contributed by atoms with Crippen molar-refractivity contribution in [3.63, 3.8) is 0 Å². The fraction of sp³-hybridized carbons (Fsp3) is 0.350. The number of halogens is 2. The number of likely N-dealkylation sites (tertiary alicyclic amines) is 1. The van der Waals surface area contributed by atoms with E-state index in [4.69, 9.17) is 5.73 Å². The van der Waals surface area contributed by atoms with Crippen LogP contribution in [-0.2, 0) is 4.79 Å². The summed E-state index contributed by atoms with van der Waals surface area (Å²) in [4.78, 5) is 14.5. The Balaban J connectivity index is 1.46. The van der Waals surface area contributed by atoms with E-state index in [0.29, 0.717) is 25.1 Å². The van der Waals surface area contributed by atoms with E-state index in [1.165, 1.54) is 6.07 Å². The van der Waals surface area contributed by atoms with Crippen LogP contribution in [0.25, 0.3) is 0 Å². The van der Waals surface area contributed by atoms with Crippen LogP contribution in [0.4, 0.5) is 8.78 Å². The summed E-state index contributed by atoms with van der Waals surface area (Å²) in [5.41, 5.74) is 7.69. The van der Waals surface area contributed by atoms with E-state index in [0.717, 1.165) is 11.6 Å². The van der Waals surface area contributed by atoms with Gasteiger partial charge in [-0.15, -0.1) is 0 Å². The van der Waals surface area contributed by atoms with Crippen molar-refractivity contribution in [2.45, 2.75) is 24.3 Å². The second kappa shape index (κ2) is 6.23. The largest absolute Gasteiger partial charge is 0.340 e. The molecule has 4 rings (SSSR count). The summed E-state index contributed by atoms with van der Waals surface area (Å²) in [6.07, 6.45) is 0.570. The molecule has 130 valence electrons. The van der Waals surface area contributed by atoms with Gasteiger partial charge >= 0.3 is 0 Å². The molecule has 3 nitrogen and oxygen atoms in total. The van der Waals surface area contributed by atoms with E-state index in [9.17, 15) is 13.6 Å². The van der Waals surface area contributed by atoms with Gasteiger partial charge in [-0.25, -0.2) is 8.78 Å². The zero-order chi connectivity index (χ0) is 17.6. The summed E-state index contributed by atoms with van der Waals surface area (Å²) >= 11 is 0. The Hall–Kier alpha value is -2.27. The summed E-state index contributed by atoms with van der Waals surface area (Å²) in [7, 11) is 0. The first-order chi connectivity index (χ1) is 12.1. The Labute approximate surface area is 145 Å². The second-order valence-electron chi connectivity index (χ2n) is 7.02. The van der Waals surface area contributed by atoms with Gasteiger partial charge in [-0.2, -0.15) is 0 Å². The molecule has 1 saturated carbocycles. The molecule has 0 bridgehead atoms. The SMILES string of the molecule is N[C@@H]1CN(C(=O)C2CC2c2cccc(F)c2F)C[C@H]1c1ccccc1. The zero-order valence-electron chi connectivity index (χ0n) is 13.7. The quantitative estimate of drug-likeness (QED) is 0.932. The summed E-state index contributed by atoms with van der Waals surface area (Å²) < 4.78 is 27.3. The summed E-state index contributed by atoms with van der Waals surface area (Å²) in [6.45, 7) is 1.09. The average molecular weight is 342 g/mol.